The number of benzene rings is 11. The summed E-state index contributed by atoms with van der Waals surface area (Å²) in [6.45, 7) is 4.74. The van der Waals surface area contributed by atoms with Crippen LogP contribution in [0.25, 0.3) is 71.6 Å². The Bertz CT molecular complexity index is 3940. The molecule has 1 heterocycles. The fourth-order valence-corrected chi connectivity index (χ4v) is 12.5. The normalized spacial score (nSPS) is 15.9. The van der Waals surface area contributed by atoms with E-state index in [4.69, 9.17) is 0 Å². The average molecular weight is 933 g/mol. The van der Waals surface area contributed by atoms with Crippen LogP contribution in [0.4, 0.5) is 28.4 Å². The predicted octanol–water partition coefficient (Wildman–Crippen LogP) is 19.0. The molecule has 2 atom stereocenters. The van der Waals surface area contributed by atoms with Crippen molar-refractivity contribution in [1.29, 1.82) is 0 Å². The highest BCUT2D eigenvalue weighted by atomic mass is 15.2. The van der Waals surface area contributed by atoms with Crippen molar-refractivity contribution >= 4 is 55.6 Å². The molecule has 11 aromatic rings. The number of rotatable bonds is 8. The van der Waals surface area contributed by atoms with E-state index in [0.717, 1.165) is 17.1 Å². The molecule has 2 nitrogen and oxygen atoms in total. The third kappa shape index (κ3) is 7.01. The number of hydrogen-bond acceptors (Lipinski definition) is 2. The topological polar surface area (TPSA) is 6.48 Å². The van der Waals surface area contributed by atoms with Crippen molar-refractivity contribution in [2.75, 3.05) is 9.80 Å². The number of para-hydroxylation sites is 1. The molecule has 0 amide bonds. The lowest BCUT2D eigenvalue weighted by Crippen LogP contribution is -2.29. The highest BCUT2D eigenvalue weighted by Crippen LogP contribution is 2.53. The number of hydrogen-bond donors (Lipinski definition) is 0. The van der Waals surface area contributed by atoms with E-state index >= 15 is 0 Å². The third-order valence-corrected chi connectivity index (χ3v) is 16.0. The van der Waals surface area contributed by atoms with Crippen LogP contribution in [0.2, 0.25) is 0 Å². The van der Waals surface area contributed by atoms with E-state index < -0.39 is 0 Å². The van der Waals surface area contributed by atoms with Gasteiger partial charge in [-0.1, -0.05) is 214 Å². The second kappa shape index (κ2) is 17.1. The third-order valence-electron chi connectivity index (χ3n) is 16.0. The van der Waals surface area contributed by atoms with Crippen LogP contribution >= 0.6 is 0 Å². The Morgan fingerprint density at radius 2 is 0.932 bits per heavy atom. The lowest BCUT2D eigenvalue weighted by Gasteiger charge is -2.31. The van der Waals surface area contributed by atoms with Crippen molar-refractivity contribution in [2.45, 2.75) is 31.2 Å². The molecule has 2 heteroatoms. The monoisotopic (exact) mass is 932 g/mol. The smallest absolute Gasteiger partial charge is 0.0630 e. The van der Waals surface area contributed by atoms with E-state index in [9.17, 15) is 0 Å². The molecule has 0 saturated carbocycles. The Hall–Kier alpha value is -8.98. The van der Waals surface area contributed by atoms with Crippen molar-refractivity contribution in [3.8, 4) is 44.5 Å². The average Bonchev–Trinajstić information content (AvgIpc) is 3.90. The Morgan fingerprint density at radius 3 is 1.62 bits per heavy atom. The molecule has 0 N–H and O–H groups in total. The van der Waals surface area contributed by atoms with Gasteiger partial charge >= 0.3 is 0 Å². The first kappa shape index (κ1) is 42.9. The Labute approximate surface area is 428 Å². The van der Waals surface area contributed by atoms with Crippen LogP contribution in [-0.2, 0) is 5.41 Å². The maximum atomic E-state index is 2.54. The molecule has 1 aliphatic heterocycles. The zero-order valence-electron chi connectivity index (χ0n) is 41.0. The zero-order chi connectivity index (χ0) is 48.6. The highest BCUT2D eigenvalue weighted by Gasteiger charge is 2.39. The summed E-state index contributed by atoms with van der Waals surface area (Å²) in [5, 5.41) is 5.00. The summed E-state index contributed by atoms with van der Waals surface area (Å²) in [6, 6.07) is 92.1. The molecule has 2 aliphatic carbocycles. The minimum Gasteiger partial charge on any atom is -0.333 e. The van der Waals surface area contributed by atoms with E-state index in [1.165, 1.54) is 105 Å². The van der Waals surface area contributed by atoms with Crippen LogP contribution in [0.3, 0.4) is 0 Å². The van der Waals surface area contributed by atoms with Gasteiger partial charge in [-0.2, -0.15) is 0 Å². The molecule has 0 radical (unpaired) electrons. The van der Waals surface area contributed by atoms with E-state index in [2.05, 4.69) is 291 Å². The SMILES string of the molecule is CC1(C)c2ccccc2-c2ccc(-c3c4ccccc4c(-c4cccc(N(c5ccccc5)c5ccc(N6c7ccc(-c8ccccc8)cc7C7C=C(c8ccccc8)C=CC76)cc5)c4)c4ccccc34)cc21. The van der Waals surface area contributed by atoms with E-state index in [0.29, 0.717) is 0 Å². The van der Waals surface area contributed by atoms with Crippen LogP contribution in [0, 0.1) is 0 Å². The van der Waals surface area contributed by atoms with Crippen LogP contribution < -0.4 is 9.80 Å². The quantitative estimate of drug-likeness (QED) is 0.140. The van der Waals surface area contributed by atoms with Gasteiger partial charge in [-0.05, 0) is 161 Å². The summed E-state index contributed by atoms with van der Waals surface area (Å²) in [7, 11) is 0. The van der Waals surface area contributed by atoms with Crippen LogP contribution in [-0.4, -0.2) is 6.04 Å². The van der Waals surface area contributed by atoms with E-state index in [1.54, 1.807) is 0 Å². The summed E-state index contributed by atoms with van der Waals surface area (Å²) in [6.07, 6.45) is 7.22. The summed E-state index contributed by atoms with van der Waals surface area (Å²) in [5.74, 6) is 0.196. The van der Waals surface area contributed by atoms with Crippen LogP contribution in [0.1, 0.15) is 42.0 Å². The molecule has 0 saturated heterocycles. The lowest BCUT2D eigenvalue weighted by atomic mass is 9.80. The number of fused-ring (bicyclic) bond motifs is 8. The largest absolute Gasteiger partial charge is 0.333 e. The Morgan fingerprint density at radius 1 is 0.397 bits per heavy atom. The molecule has 0 bridgehead atoms. The first-order valence-electron chi connectivity index (χ1n) is 25.7. The standard InChI is InChI=1S/C71H52N2/c1-71(2)65-32-17-16-27-57(65)58-40-33-52(46-66(58)71)70-61-30-14-12-28-59(61)69(60-29-13-15-31-62(60)70)51-23-18-26-56(43-51)72(53-24-10-5-11-25-53)54-36-38-55(39-37-54)73-67-41-34-49(47-19-6-3-7-20-47)44-63(67)64-45-50(35-42-68(64)73)48-21-8-4-9-22-48/h3-46,63,67H,1-2H3. The molecule has 0 spiro atoms. The van der Waals surface area contributed by atoms with Crippen molar-refractivity contribution in [1.82, 2.24) is 0 Å². The first-order chi connectivity index (χ1) is 36.0. The maximum Gasteiger partial charge on any atom is 0.0630 e. The zero-order valence-corrected chi connectivity index (χ0v) is 41.0. The van der Waals surface area contributed by atoms with E-state index in [1.807, 2.05) is 0 Å². The predicted molar refractivity (Wildman–Crippen MR) is 309 cm³/mol. The molecular weight excluding hydrogens is 881 g/mol. The van der Waals surface area contributed by atoms with Crippen molar-refractivity contribution in [3.63, 3.8) is 0 Å². The van der Waals surface area contributed by atoms with Gasteiger partial charge in [-0.15, -0.1) is 0 Å². The van der Waals surface area contributed by atoms with Gasteiger partial charge in [0.25, 0.3) is 0 Å². The minimum absolute atomic E-state index is 0.0910. The molecule has 14 rings (SSSR count). The molecule has 73 heavy (non-hydrogen) atoms. The fourth-order valence-electron chi connectivity index (χ4n) is 12.5. The van der Waals surface area contributed by atoms with Gasteiger partial charge < -0.3 is 9.80 Å². The number of nitrogens with zero attached hydrogens (tertiary/aromatic N) is 2. The van der Waals surface area contributed by atoms with Gasteiger partial charge in [0, 0.05) is 39.8 Å². The Balaban J connectivity index is 0.864. The second-order valence-electron chi connectivity index (χ2n) is 20.4. The van der Waals surface area contributed by atoms with E-state index in [-0.39, 0.29) is 17.4 Å². The summed E-state index contributed by atoms with van der Waals surface area (Å²) >= 11 is 0. The second-order valence-corrected chi connectivity index (χ2v) is 20.4. The van der Waals surface area contributed by atoms with Gasteiger partial charge in [0.2, 0.25) is 0 Å². The molecule has 0 aromatic heterocycles. The first-order valence-corrected chi connectivity index (χ1v) is 25.7. The number of anilines is 5. The summed E-state index contributed by atoms with van der Waals surface area (Å²) in [5.41, 5.74) is 22.4. The van der Waals surface area contributed by atoms with Gasteiger partial charge in [0.15, 0.2) is 0 Å². The molecule has 11 aromatic carbocycles. The van der Waals surface area contributed by atoms with Crippen LogP contribution in [0.5, 0.6) is 0 Å². The highest BCUT2D eigenvalue weighted by molar-refractivity contribution is 6.21. The van der Waals surface area contributed by atoms with Gasteiger partial charge in [0.05, 0.1) is 6.04 Å². The van der Waals surface area contributed by atoms with Crippen molar-refractivity contribution in [3.05, 3.63) is 289 Å². The fraction of sp³-hybridized carbons (Fsp3) is 0.0704. The summed E-state index contributed by atoms with van der Waals surface area (Å²) < 4.78 is 0. The van der Waals surface area contributed by atoms with Gasteiger partial charge in [-0.3, -0.25) is 0 Å². The molecule has 3 aliphatic rings. The molecule has 2 unspecified atom stereocenters. The van der Waals surface area contributed by atoms with Gasteiger partial charge in [0.1, 0.15) is 0 Å². The minimum atomic E-state index is -0.0910. The van der Waals surface area contributed by atoms with Gasteiger partial charge in [-0.25, -0.2) is 0 Å². The van der Waals surface area contributed by atoms with Crippen LogP contribution in [0.15, 0.2) is 267 Å². The van der Waals surface area contributed by atoms with Crippen molar-refractivity contribution < 1.29 is 0 Å². The Kier molecular flexibility index (Phi) is 10.0. The lowest BCUT2D eigenvalue weighted by molar-refractivity contribution is 0.660. The van der Waals surface area contributed by atoms with Crippen molar-refractivity contribution in [2.24, 2.45) is 0 Å². The summed E-state index contributed by atoms with van der Waals surface area (Å²) in [4.78, 5) is 4.95. The molecular formula is C71H52N2. The maximum absolute atomic E-state index is 2.54. The molecule has 346 valence electrons. The number of allylic oxidation sites excluding steroid dienone is 2. The molecule has 0 fully saturated rings.